The van der Waals surface area contributed by atoms with Gasteiger partial charge in [0.15, 0.2) is 5.60 Å². The number of furan rings is 1. The highest BCUT2D eigenvalue weighted by molar-refractivity contribution is 7.10. The van der Waals surface area contributed by atoms with Gasteiger partial charge in [0.05, 0.1) is 24.1 Å². The molecule has 2 aromatic heterocycles. The standard InChI is InChI=1S/C19H15N3O4S/c20-11-13-5-1-2-6-14(13)22-18(24)17(23)21-12-19(25,15-7-3-9-26-15)16-8-4-10-27-16/h1-10,25H,12H2,(H,21,23)(H,22,24)/t19-/m1/s1. The maximum atomic E-state index is 12.2. The second-order valence-corrected chi connectivity index (χ2v) is 6.56. The molecule has 0 bridgehead atoms. The number of carbonyl (C=O) groups excluding carboxylic acids is 2. The summed E-state index contributed by atoms with van der Waals surface area (Å²) >= 11 is 1.30. The number of aliphatic hydroxyl groups is 1. The molecular weight excluding hydrogens is 366 g/mol. The number of nitrogens with zero attached hydrogens (tertiary/aromatic N) is 1. The molecule has 27 heavy (non-hydrogen) atoms. The van der Waals surface area contributed by atoms with E-state index in [0.717, 1.165) is 0 Å². The molecule has 0 fully saturated rings. The van der Waals surface area contributed by atoms with E-state index in [-0.39, 0.29) is 23.6 Å². The summed E-state index contributed by atoms with van der Waals surface area (Å²) in [6.07, 6.45) is 1.42. The fourth-order valence-corrected chi connectivity index (χ4v) is 3.31. The van der Waals surface area contributed by atoms with Crippen LogP contribution in [0.25, 0.3) is 0 Å². The molecule has 0 aliphatic heterocycles. The molecule has 0 saturated carbocycles. The molecule has 0 unspecified atom stereocenters. The minimum atomic E-state index is -1.60. The zero-order chi connectivity index (χ0) is 19.3. The van der Waals surface area contributed by atoms with Crippen molar-refractivity contribution in [3.63, 3.8) is 0 Å². The van der Waals surface area contributed by atoms with Gasteiger partial charge in [0.1, 0.15) is 11.8 Å². The van der Waals surface area contributed by atoms with Crippen molar-refractivity contribution in [2.75, 3.05) is 11.9 Å². The average molecular weight is 381 g/mol. The van der Waals surface area contributed by atoms with Gasteiger partial charge in [-0.3, -0.25) is 9.59 Å². The third-order valence-corrected chi connectivity index (χ3v) is 4.89. The molecule has 0 aliphatic carbocycles. The summed E-state index contributed by atoms with van der Waals surface area (Å²) in [7, 11) is 0. The first-order valence-electron chi connectivity index (χ1n) is 7.93. The van der Waals surface area contributed by atoms with Gasteiger partial charge >= 0.3 is 11.8 Å². The SMILES string of the molecule is N#Cc1ccccc1NC(=O)C(=O)NC[C@@](O)(c1ccco1)c1cccs1. The average Bonchev–Trinajstić information content (AvgIpc) is 3.40. The van der Waals surface area contributed by atoms with Crippen LogP contribution in [0.2, 0.25) is 0 Å². The summed E-state index contributed by atoms with van der Waals surface area (Å²) in [6, 6.07) is 15.0. The number of nitrogens with one attached hydrogen (secondary N) is 2. The van der Waals surface area contributed by atoms with E-state index >= 15 is 0 Å². The molecule has 0 radical (unpaired) electrons. The number of thiophene rings is 1. The summed E-state index contributed by atoms with van der Waals surface area (Å²) in [6.45, 7) is -0.257. The summed E-state index contributed by atoms with van der Waals surface area (Å²) in [5.74, 6) is -1.63. The second-order valence-electron chi connectivity index (χ2n) is 5.61. The Labute approximate surface area is 158 Å². The Morgan fingerprint density at radius 2 is 1.96 bits per heavy atom. The van der Waals surface area contributed by atoms with E-state index in [0.29, 0.717) is 4.88 Å². The maximum Gasteiger partial charge on any atom is 0.313 e. The van der Waals surface area contributed by atoms with Gasteiger partial charge in [-0.1, -0.05) is 18.2 Å². The zero-order valence-corrected chi connectivity index (χ0v) is 14.8. The Morgan fingerprint density at radius 1 is 1.15 bits per heavy atom. The van der Waals surface area contributed by atoms with E-state index in [1.165, 1.54) is 29.7 Å². The van der Waals surface area contributed by atoms with E-state index in [1.54, 1.807) is 41.8 Å². The largest absolute Gasteiger partial charge is 0.466 e. The molecule has 8 heteroatoms. The van der Waals surface area contributed by atoms with E-state index in [1.807, 2.05) is 6.07 Å². The van der Waals surface area contributed by atoms with Crippen LogP contribution in [-0.2, 0) is 15.2 Å². The third kappa shape index (κ3) is 3.89. The second kappa shape index (κ2) is 7.86. The van der Waals surface area contributed by atoms with E-state index in [9.17, 15) is 14.7 Å². The van der Waals surface area contributed by atoms with Gasteiger partial charge in [0.25, 0.3) is 0 Å². The van der Waals surface area contributed by atoms with Gasteiger partial charge in [-0.25, -0.2) is 0 Å². The third-order valence-electron chi connectivity index (χ3n) is 3.86. The highest BCUT2D eigenvalue weighted by Crippen LogP contribution is 2.32. The number of anilines is 1. The molecule has 1 atom stereocenters. The number of amides is 2. The summed E-state index contributed by atoms with van der Waals surface area (Å²) in [5, 5.41) is 26.7. The minimum Gasteiger partial charge on any atom is -0.466 e. The first-order chi connectivity index (χ1) is 13.0. The van der Waals surface area contributed by atoms with Gasteiger partial charge in [-0.05, 0) is 35.7 Å². The fourth-order valence-electron chi connectivity index (χ4n) is 2.48. The van der Waals surface area contributed by atoms with Crippen LogP contribution >= 0.6 is 11.3 Å². The van der Waals surface area contributed by atoms with Crippen LogP contribution in [0.3, 0.4) is 0 Å². The predicted molar refractivity (Wildman–Crippen MR) is 98.8 cm³/mol. The summed E-state index contributed by atoms with van der Waals surface area (Å²) in [5.41, 5.74) is -1.12. The first-order valence-corrected chi connectivity index (χ1v) is 8.81. The fraction of sp³-hybridized carbons (Fsp3) is 0.105. The van der Waals surface area contributed by atoms with E-state index in [2.05, 4.69) is 10.6 Å². The van der Waals surface area contributed by atoms with Crippen molar-refractivity contribution < 1.29 is 19.1 Å². The van der Waals surface area contributed by atoms with Gasteiger partial charge in [0, 0.05) is 4.88 Å². The number of hydrogen-bond acceptors (Lipinski definition) is 6. The molecule has 7 nitrogen and oxygen atoms in total. The lowest BCUT2D eigenvalue weighted by molar-refractivity contribution is -0.136. The lowest BCUT2D eigenvalue weighted by Crippen LogP contribution is -2.44. The Balaban J connectivity index is 1.71. The van der Waals surface area contributed by atoms with Gasteiger partial charge in [-0.15, -0.1) is 11.3 Å². The maximum absolute atomic E-state index is 12.2. The van der Waals surface area contributed by atoms with Crippen LogP contribution in [0.1, 0.15) is 16.2 Å². The van der Waals surface area contributed by atoms with Crippen molar-refractivity contribution in [3.8, 4) is 6.07 Å². The Morgan fingerprint density at radius 3 is 2.63 bits per heavy atom. The van der Waals surface area contributed by atoms with Crippen LogP contribution in [0, 0.1) is 11.3 Å². The lowest BCUT2D eigenvalue weighted by atomic mass is 9.98. The number of rotatable bonds is 5. The van der Waals surface area contributed by atoms with Crippen molar-refractivity contribution in [2.24, 2.45) is 0 Å². The molecular formula is C19H15N3O4S. The highest BCUT2D eigenvalue weighted by atomic mass is 32.1. The Hall–Kier alpha value is -3.41. The van der Waals surface area contributed by atoms with Crippen LogP contribution < -0.4 is 10.6 Å². The van der Waals surface area contributed by atoms with E-state index < -0.39 is 17.4 Å². The van der Waals surface area contributed by atoms with Gasteiger partial charge < -0.3 is 20.2 Å². The monoisotopic (exact) mass is 381 g/mol. The van der Waals surface area contributed by atoms with Crippen LogP contribution in [-0.4, -0.2) is 23.5 Å². The number of carbonyl (C=O) groups is 2. The molecule has 136 valence electrons. The highest BCUT2D eigenvalue weighted by Gasteiger charge is 2.36. The molecule has 0 spiro atoms. The van der Waals surface area contributed by atoms with Crippen LogP contribution in [0.15, 0.2) is 64.6 Å². The normalized spacial score (nSPS) is 12.6. The number of nitriles is 1. The van der Waals surface area contributed by atoms with Crippen LogP contribution in [0.4, 0.5) is 5.69 Å². The van der Waals surface area contributed by atoms with Crippen LogP contribution in [0.5, 0.6) is 0 Å². The van der Waals surface area contributed by atoms with Crippen molar-refractivity contribution in [3.05, 3.63) is 76.4 Å². The molecule has 0 saturated heterocycles. The molecule has 3 aromatic rings. The smallest absolute Gasteiger partial charge is 0.313 e. The first kappa shape index (κ1) is 18.4. The van der Waals surface area contributed by atoms with Crippen molar-refractivity contribution in [1.29, 1.82) is 5.26 Å². The summed E-state index contributed by atoms with van der Waals surface area (Å²) in [4.78, 5) is 24.9. The topological polar surface area (TPSA) is 115 Å². The Kier molecular flexibility index (Phi) is 5.35. The van der Waals surface area contributed by atoms with Crippen molar-refractivity contribution in [1.82, 2.24) is 5.32 Å². The number of benzene rings is 1. The Bertz CT molecular complexity index is 941. The van der Waals surface area contributed by atoms with Gasteiger partial charge in [0.2, 0.25) is 0 Å². The van der Waals surface area contributed by atoms with Crippen molar-refractivity contribution >= 4 is 28.8 Å². The van der Waals surface area contributed by atoms with E-state index in [4.69, 9.17) is 9.68 Å². The predicted octanol–water partition coefficient (Wildman–Crippen LogP) is 2.20. The minimum absolute atomic E-state index is 0.236. The molecule has 2 heterocycles. The molecule has 0 aliphatic rings. The molecule has 3 N–H and O–H groups in total. The zero-order valence-electron chi connectivity index (χ0n) is 14.0. The molecule has 1 aromatic carbocycles. The number of para-hydroxylation sites is 1. The summed E-state index contributed by atoms with van der Waals surface area (Å²) < 4.78 is 5.31. The number of hydrogen-bond donors (Lipinski definition) is 3. The lowest BCUT2D eigenvalue weighted by Gasteiger charge is -2.25. The van der Waals surface area contributed by atoms with Gasteiger partial charge in [-0.2, -0.15) is 5.26 Å². The quantitative estimate of drug-likeness (QED) is 0.586. The molecule has 2 amide bonds. The molecule has 3 rings (SSSR count). The van der Waals surface area contributed by atoms with Crippen molar-refractivity contribution in [2.45, 2.75) is 5.60 Å².